The molecule has 4 saturated carbocycles. The molecule has 0 aromatic rings. The molecule has 206 valence electrons. The van der Waals surface area contributed by atoms with E-state index in [9.17, 15) is 27.7 Å². The molecule has 4 fully saturated rings. The van der Waals surface area contributed by atoms with Crippen molar-refractivity contribution in [1.29, 1.82) is 0 Å². The Morgan fingerprint density at radius 2 is 1.92 bits per heavy atom. The molecule has 10 heteroatoms. The summed E-state index contributed by atoms with van der Waals surface area (Å²) in [5, 5.41) is 22.9. The van der Waals surface area contributed by atoms with Gasteiger partial charge >= 0.3 is 16.4 Å². The van der Waals surface area contributed by atoms with Crippen LogP contribution in [0.15, 0.2) is 0 Å². The molecule has 1 amide bonds. The highest BCUT2D eigenvalue weighted by Crippen LogP contribution is 2.68. The highest BCUT2D eigenvalue weighted by molar-refractivity contribution is 7.80. The number of aliphatic carboxylic acids is 1. The van der Waals surface area contributed by atoms with Crippen LogP contribution in [0.3, 0.4) is 0 Å². The lowest BCUT2D eigenvalue weighted by atomic mass is 9.43. The van der Waals surface area contributed by atoms with Gasteiger partial charge in [0.1, 0.15) is 6.54 Å². The van der Waals surface area contributed by atoms with Crippen molar-refractivity contribution in [3.05, 3.63) is 0 Å². The summed E-state index contributed by atoms with van der Waals surface area (Å²) in [4.78, 5) is 22.8. The third-order valence-electron chi connectivity index (χ3n) is 10.2. The number of nitrogens with one attached hydrogen (secondary N) is 1. The van der Waals surface area contributed by atoms with Crippen molar-refractivity contribution < 1.29 is 42.4 Å². The zero-order valence-electron chi connectivity index (χ0n) is 25.3. The first kappa shape index (κ1) is 22.7. The van der Waals surface area contributed by atoms with Gasteiger partial charge in [0.05, 0.1) is 12.2 Å². The molecule has 4 N–H and O–H groups in total. The van der Waals surface area contributed by atoms with Gasteiger partial charge in [0.25, 0.3) is 0 Å². The second kappa shape index (κ2) is 10.2. The molecule has 0 aliphatic heterocycles. The lowest BCUT2D eigenvalue weighted by molar-refractivity contribution is -0.173. The van der Waals surface area contributed by atoms with Crippen molar-refractivity contribution >= 4 is 22.3 Å². The van der Waals surface area contributed by atoms with E-state index in [4.69, 9.17) is 10.6 Å². The van der Waals surface area contributed by atoms with E-state index < -0.39 is 64.6 Å². The minimum atomic E-state index is -5.08. The SMILES string of the molecule is [2H]C1([2H])C[C@]2(C)C3C[C@H](O)[C@@]4(C)C(CC[C@@H]4[C@H](C)CCC(=O)NCC(=O)O)C3CC[C@@H]2C([2H])([2H])[C@@H]1OS(=O)(=O)O. The summed E-state index contributed by atoms with van der Waals surface area (Å²) in [5.74, 6) is -1.78. The minimum Gasteiger partial charge on any atom is -0.480 e. The monoisotopic (exact) mass is 533 g/mol. The normalized spacial score (nSPS) is 47.5. The second-order valence-corrected chi connectivity index (χ2v) is 13.0. The number of hydrogen-bond donors (Lipinski definition) is 4. The van der Waals surface area contributed by atoms with Gasteiger partial charge in [-0.2, -0.15) is 8.42 Å². The van der Waals surface area contributed by atoms with Crippen LogP contribution in [0, 0.1) is 46.3 Å². The number of carboxylic acids is 1. The molecule has 0 aromatic heterocycles. The fraction of sp³-hybridized carbons (Fsp3) is 0.923. The van der Waals surface area contributed by atoms with E-state index >= 15 is 0 Å². The van der Waals surface area contributed by atoms with Crippen molar-refractivity contribution in [3.63, 3.8) is 0 Å². The molecule has 0 bridgehead atoms. The number of fused-ring (bicyclic) bond motifs is 5. The van der Waals surface area contributed by atoms with Gasteiger partial charge < -0.3 is 15.5 Å². The zero-order valence-corrected chi connectivity index (χ0v) is 22.1. The van der Waals surface area contributed by atoms with Gasteiger partial charge in [-0.15, -0.1) is 0 Å². The fourth-order valence-electron chi connectivity index (χ4n) is 8.47. The van der Waals surface area contributed by atoms with E-state index in [-0.39, 0.29) is 48.3 Å². The van der Waals surface area contributed by atoms with Crippen molar-refractivity contribution in [2.75, 3.05) is 6.54 Å². The summed E-state index contributed by atoms with van der Waals surface area (Å²) >= 11 is 0. The average Bonchev–Trinajstić information content (AvgIpc) is 3.17. The maximum atomic E-state index is 12.1. The highest BCUT2D eigenvalue weighted by Gasteiger charge is 2.63. The molecular weight excluding hydrogens is 486 g/mol. The molecule has 4 aliphatic carbocycles. The Balaban J connectivity index is 1.55. The summed E-state index contributed by atoms with van der Waals surface area (Å²) in [7, 11) is -5.08. The molecule has 0 spiro atoms. The predicted molar refractivity (Wildman–Crippen MR) is 132 cm³/mol. The largest absolute Gasteiger partial charge is 0.480 e. The van der Waals surface area contributed by atoms with Crippen LogP contribution in [-0.2, 0) is 24.2 Å². The smallest absolute Gasteiger partial charge is 0.397 e. The van der Waals surface area contributed by atoms with Crippen LogP contribution in [0.25, 0.3) is 0 Å². The zero-order chi connectivity index (χ0) is 30.1. The number of hydrogen-bond acceptors (Lipinski definition) is 6. The number of aliphatic hydroxyl groups excluding tert-OH is 1. The number of amides is 1. The maximum Gasteiger partial charge on any atom is 0.397 e. The van der Waals surface area contributed by atoms with Crippen LogP contribution in [0.5, 0.6) is 0 Å². The van der Waals surface area contributed by atoms with Crippen LogP contribution in [-0.4, -0.2) is 53.8 Å². The summed E-state index contributed by atoms with van der Waals surface area (Å²) in [5.41, 5.74) is -1.28. The van der Waals surface area contributed by atoms with Gasteiger partial charge in [-0.1, -0.05) is 20.8 Å². The molecule has 0 saturated heterocycles. The Kier molecular flexibility index (Phi) is 6.41. The number of carboxylic acid groups (broad SMARTS) is 1. The van der Waals surface area contributed by atoms with Crippen molar-refractivity contribution in [1.82, 2.24) is 5.32 Å². The standard InChI is InChI=1S/C26H43NO8S/c1-15(4-9-23(29)27-14-24(30)31)19-7-8-20-18-6-5-16-12-17(35-36(32,33)34)10-11-25(16,2)21(18)13-22(28)26(19,20)3/h15-22,28H,4-14H2,1-3H3,(H,27,29)(H,30,31)(H,32,33,34)/t15-,16-,17-,18?,19-,20?,21?,22+,25+,26-/m1/s1/i10D2,12D2. The Labute approximate surface area is 220 Å². The molecule has 0 radical (unpaired) electrons. The second-order valence-electron chi connectivity index (χ2n) is 12.0. The molecular formula is C26H43NO8S. The summed E-state index contributed by atoms with van der Waals surface area (Å²) in [6.07, 6.45) is -3.62. The van der Waals surface area contributed by atoms with Crippen LogP contribution in [0.1, 0.15) is 90.4 Å². The average molecular weight is 534 g/mol. The fourth-order valence-corrected chi connectivity index (χ4v) is 8.84. The van der Waals surface area contributed by atoms with E-state index in [1.54, 1.807) is 0 Å². The number of rotatable bonds is 8. The lowest BCUT2D eigenvalue weighted by Crippen LogP contribution is -2.59. The van der Waals surface area contributed by atoms with E-state index in [1.807, 2.05) is 6.92 Å². The highest BCUT2D eigenvalue weighted by atomic mass is 32.3. The molecule has 4 aliphatic rings. The third kappa shape index (κ3) is 5.20. The topological polar surface area (TPSA) is 150 Å². The first-order valence-electron chi connectivity index (χ1n) is 15.1. The van der Waals surface area contributed by atoms with Gasteiger partial charge in [-0.3, -0.25) is 14.1 Å². The lowest BCUT2D eigenvalue weighted by Gasteiger charge is -2.62. The molecule has 0 aromatic carbocycles. The van der Waals surface area contributed by atoms with E-state index in [1.165, 1.54) is 0 Å². The summed E-state index contributed by atoms with van der Waals surface area (Å²) in [6.45, 7) is 5.63. The number of carbonyl (C=O) groups excluding carboxylic acids is 1. The first-order valence-corrected chi connectivity index (χ1v) is 14.4. The Morgan fingerprint density at radius 3 is 2.58 bits per heavy atom. The van der Waals surface area contributed by atoms with Gasteiger partial charge in [-0.25, -0.2) is 4.18 Å². The molecule has 36 heavy (non-hydrogen) atoms. The molecule has 9 nitrogen and oxygen atoms in total. The Hall–Kier alpha value is -1.23. The third-order valence-corrected chi connectivity index (χ3v) is 10.7. The molecule has 4 rings (SSSR count). The number of aliphatic hydroxyl groups is 1. The molecule has 0 heterocycles. The quantitative estimate of drug-likeness (QED) is 0.347. The summed E-state index contributed by atoms with van der Waals surface area (Å²) in [6, 6.07) is 0. The number of carbonyl (C=O) groups is 2. The van der Waals surface area contributed by atoms with Crippen LogP contribution < -0.4 is 5.32 Å². The summed E-state index contributed by atoms with van der Waals surface area (Å²) < 4.78 is 71.8. The van der Waals surface area contributed by atoms with E-state index in [0.29, 0.717) is 25.7 Å². The minimum absolute atomic E-state index is 0.111. The first-order chi connectivity index (χ1) is 18.2. The van der Waals surface area contributed by atoms with Crippen molar-refractivity contribution in [2.45, 2.75) is 97.1 Å². The van der Waals surface area contributed by atoms with Gasteiger partial charge in [0.2, 0.25) is 5.91 Å². The van der Waals surface area contributed by atoms with Gasteiger partial charge in [-0.05, 0) is 104 Å². The van der Waals surface area contributed by atoms with E-state index in [0.717, 1.165) is 12.8 Å². The van der Waals surface area contributed by atoms with Crippen LogP contribution in [0.2, 0.25) is 0 Å². The Bertz CT molecular complexity index is 1120. The van der Waals surface area contributed by atoms with Gasteiger partial charge in [0, 0.05) is 11.9 Å². The van der Waals surface area contributed by atoms with Crippen LogP contribution in [0.4, 0.5) is 0 Å². The molecule has 3 unspecified atom stereocenters. The van der Waals surface area contributed by atoms with E-state index in [2.05, 4.69) is 23.3 Å². The van der Waals surface area contributed by atoms with Crippen molar-refractivity contribution in [3.8, 4) is 0 Å². The maximum absolute atomic E-state index is 12.1. The van der Waals surface area contributed by atoms with Crippen LogP contribution >= 0.6 is 0 Å². The molecule has 10 atom stereocenters. The Morgan fingerprint density at radius 1 is 1.19 bits per heavy atom. The van der Waals surface area contributed by atoms with Crippen molar-refractivity contribution in [2.24, 2.45) is 46.3 Å². The van der Waals surface area contributed by atoms with Gasteiger partial charge in [0.15, 0.2) is 0 Å². The predicted octanol–water partition coefficient (Wildman–Crippen LogP) is 3.42.